The summed E-state index contributed by atoms with van der Waals surface area (Å²) >= 11 is 0. The summed E-state index contributed by atoms with van der Waals surface area (Å²) in [7, 11) is 3.17. The lowest BCUT2D eigenvalue weighted by molar-refractivity contribution is 0.0621. The third-order valence-electron chi connectivity index (χ3n) is 8.89. The maximum atomic E-state index is 13.5. The first kappa shape index (κ1) is 39.3. The van der Waals surface area contributed by atoms with Gasteiger partial charge in [-0.25, -0.2) is 24.4 Å². The van der Waals surface area contributed by atoms with Crippen molar-refractivity contribution < 1.29 is 23.8 Å². The molecule has 0 aliphatic heterocycles. The SMILES string of the molecule is COCCN(CCOC)C(=O)c1cnc(Nc2cc(COc3ccc(NC(=O)Nc4cc(C(C)(C)C)nn4-c4ccc(C)cc4)c4ccccc34)ccn2)cn1. The zero-order chi connectivity index (χ0) is 39.7. The monoisotopic (exact) mass is 757 g/mol. The van der Waals surface area contributed by atoms with Gasteiger partial charge < -0.3 is 29.7 Å². The molecule has 0 aliphatic rings. The van der Waals surface area contributed by atoms with Crippen LogP contribution in [0.4, 0.5) is 27.9 Å². The number of urea groups is 1. The number of hydrogen-bond donors (Lipinski definition) is 3. The molecule has 0 unspecified atom stereocenters. The van der Waals surface area contributed by atoms with Gasteiger partial charge in [0.05, 0.1) is 42.7 Å². The Morgan fingerprint density at radius 2 is 1.54 bits per heavy atom. The molecule has 6 aromatic rings. The summed E-state index contributed by atoms with van der Waals surface area (Å²) in [5.74, 6) is 1.92. The van der Waals surface area contributed by atoms with Crippen LogP contribution in [0.15, 0.2) is 97.5 Å². The maximum Gasteiger partial charge on any atom is 0.324 e. The predicted octanol–water partition coefficient (Wildman–Crippen LogP) is 7.52. The highest BCUT2D eigenvalue weighted by molar-refractivity contribution is 6.07. The zero-order valence-corrected chi connectivity index (χ0v) is 32.5. The Balaban J connectivity index is 1.11. The van der Waals surface area contributed by atoms with Crippen molar-refractivity contribution >= 4 is 45.9 Å². The average Bonchev–Trinajstić information content (AvgIpc) is 3.62. The molecule has 0 radical (unpaired) electrons. The number of nitrogens with one attached hydrogen (secondary N) is 3. The van der Waals surface area contributed by atoms with Gasteiger partial charge in [0.25, 0.3) is 5.91 Å². The summed E-state index contributed by atoms with van der Waals surface area (Å²) < 4.78 is 18.3. The second-order valence-electron chi connectivity index (χ2n) is 14.2. The third-order valence-corrected chi connectivity index (χ3v) is 8.89. The topological polar surface area (TPSA) is 158 Å². The number of fused-ring (bicyclic) bond motifs is 1. The van der Waals surface area contributed by atoms with E-state index in [4.69, 9.17) is 19.3 Å². The van der Waals surface area contributed by atoms with E-state index in [0.717, 1.165) is 33.3 Å². The highest BCUT2D eigenvalue weighted by atomic mass is 16.5. The van der Waals surface area contributed by atoms with Crippen LogP contribution in [0.25, 0.3) is 16.5 Å². The lowest BCUT2D eigenvalue weighted by Gasteiger charge is -2.21. The zero-order valence-electron chi connectivity index (χ0n) is 32.5. The van der Waals surface area contributed by atoms with Gasteiger partial charge in [0, 0.05) is 55.8 Å². The van der Waals surface area contributed by atoms with E-state index in [2.05, 4.69) is 51.7 Å². The Kier molecular flexibility index (Phi) is 12.5. The molecule has 3 aromatic carbocycles. The number of amides is 3. The fourth-order valence-corrected chi connectivity index (χ4v) is 5.80. The first-order valence-electron chi connectivity index (χ1n) is 18.2. The number of carbonyl (C=O) groups is 2. The molecule has 0 bridgehead atoms. The van der Waals surface area contributed by atoms with Crippen LogP contribution < -0.4 is 20.7 Å². The van der Waals surface area contributed by atoms with Crippen LogP contribution in [-0.4, -0.2) is 82.1 Å². The Morgan fingerprint density at radius 1 is 0.804 bits per heavy atom. The number of hydrogen-bond acceptors (Lipinski definition) is 10. The van der Waals surface area contributed by atoms with Gasteiger partial charge in [-0.1, -0.05) is 62.7 Å². The van der Waals surface area contributed by atoms with Crippen molar-refractivity contribution in [1.82, 2.24) is 29.6 Å². The minimum absolute atomic E-state index is 0.215. The van der Waals surface area contributed by atoms with Gasteiger partial charge in [0.15, 0.2) is 0 Å². The smallest absolute Gasteiger partial charge is 0.324 e. The summed E-state index contributed by atoms with van der Waals surface area (Å²) in [6, 6.07) is 24.6. The molecule has 3 heterocycles. The molecule has 14 nitrogen and oxygen atoms in total. The number of aromatic nitrogens is 5. The van der Waals surface area contributed by atoms with Crippen LogP contribution in [0.2, 0.25) is 0 Å². The number of ether oxygens (including phenoxy) is 3. The number of methoxy groups -OCH3 is 2. The van der Waals surface area contributed by atoms with E-state index in [0.29, 0.717) is 55.2 Å². The Morgan fingerprint density at radius 3 is 2.21 bits per heavy atom. The third kappa shape index (κ3) is 9.83. The highest BCUT2D eigenvalue weighted by Crippen LogP contribution is 2.33. The van der Waals surface area contributed by atoms with E-state index >= 15 is 0 Å². The van der Waals surface area contributed by atoms with E-state index in [1.54, 1.807) is 30.0 Å². The molecule has 0 spiro atoms. The molecular formula is C42H47N9O5. The first-order chi connectivity index (χ1) is 27.0. The average molecular weight is 758 g/mol. The number of nitrogens with zero attached hydrogens (tertiary/aromatic N) is 6. The van der Waals surface area contributed by atoms with Crippen LogP contribution >= 0.6 is 0 Å². The van der Waals surface area contributed by atoms with E-state index < -0.39 is 6.03 Å². The molecule has 0 fully saturated rings. The summed E-state index contributed by atoms with van der Waals surface area (Å²) in [4.78, 5) is 41.2. The van der Waals surface area contributed by atoms with Gasteiger partial charge in [-0.15, -0.1) is 0 Å². The predicted molar refractivity (Wildman–Crippen MR) is 217 cm³/mol. The molecule has 0 atom stereocenters. The highest BCUT2D eigenvalue weighted by Gasteiger charge is 2.22. The Labute approximate surface area is 326 Å². The molecular weight excluding hydrogens is 711 g/mol. The molecule has 0 saturated carbocycles. The van der Waals surface area contributed by atoms with Crippen LogP contribution in [0.3, 0.4) is 0 Å². The van der Waals surface area contributed by atoms with E-state index in [-0.39, 0.29) is 23.6 Å². The summed E-state index contributed by atoms with van der Waals surface area (Å²) in [6.45, 7) is 10.2. The molecule has 56 heavy (non-hydrogen) atoms. The van der Waals surface area contributed by atoms with Crippen molar-refractivity contribution in [3.05, 3.63) is 120 Å². The molecule has 3 aromatic heterocycles. The molecule has 0 saturated heterocycles. The van der Waals surface area contributed by atoms with Crippen molar-refractivity contribution in [1.29, 1.82) is 0 Å². The maximum absolute atomic E-state index is 13.5. The summed E-state index contributed by atoms with van der Waals surface area (Å²) in [6.07, 6.45) is 4.60. The second-order valence-corrected chi connectivity index (χ2v) is 14.2. The normalized spacial score (nSPS) is 11.3. The van der Waals surface area contributed by atoms with Crippen LogP contribution in [0, 0.1) is 6.92 Å². The summed E-state index contributed by atoms with van der Waals surface area (Å²) in [5, 5.41) is 15.7. The number of carbonyl (C=O) groups excluding carboxylic acids is 2. The molecule has 3 N–H and O–H groups in total. The van der Waals surface area contributed by atoms with Gasteiger partial charge in [0.2, 0.25) is 0 Å². The number of rotatable bonds is 15. The van der Waals surface area contributed by atoms with E-state index in [1.807, 2.05) is 85.8 Å². The minimum Gasteiger partial charge on any atom is -0.488 e. The largest absolute Gasteiger partial charge is 0.488 e. The molecule has 14 heteroatoms. The second kappa shape index (κ2) is 17.8. The lowest BCUT2D eigenvalue weighted by atomic mass is 9.92. The van der Waals surface area contributed by atoms with Gasteiger partial charge >= 0.3 is 6.03 Å². The molecule has 6 rings (SSSR count). The Bertz CT molecular complexity index is 2260. The fraction of sp³-hybridized carbons (Fsp3) is 0.286. The van der Waals surface area contributed by atoms with Crippen molar-refractivity contribution in [3.8, 4) is 11.4 Å². The van der Waals surface area contributed by atoms with Gasteiger partial charge in [-0.3, -0.25) is 10.1 Å². The van der Waals surface area contributed by atoms with Gasteiger partial charge in [-0.05, 0) is 48.9 Å². The van der Waals surface area contributed by atoms with E-state index in [9.17, 15) is 9.59 Å². The van der Waals surface area contributed by atoms with Crippen molar-refractivity contribution in [2.75, 3.05) is 56.5 Å². The van der Waals surface area contributed by atoms with Crippen LogP contribution in [0.5, 0.6) is 5.75 Å². The lowest BCUT2D eigenvalue weighted by Crippen LogP contribution is -2.37. The van der Waals surface area contributed by atoms with Crippen LogP contribution in [-0.2, 0) is 21.5 Å². The van der Waals surface area contributed by atoms with Crippen molar-refractivity contribution in [3.63, 3.8) is 0 Å². The molecule has 3 amide bonds. The fourth-order valence-electron chi connectivity index (χ4n) is 5.80. The first-order valence-corrected chi connectivity index (χ1v) is 18.2. The Hall–Kier alpha value is -6.38. The quantitative estimate of drug-likeness (QED) is 0.0957. The van der Waals surface area contributed by atoms with Gasteiger partial charge in [0.1, 0.15) is 35.5 Å². The summed E-state index contributed by atoms with van der Waals surface area (Å²) in [5.41, 5.74) is 4.33. The van der Waals surface area contributed by atoms with E-state index in [1.165, 1.54) is 12.4 Å². The standard InChI is InChI=1S/C42H47N9O5/c1-28-11-13-30(14-12-28)51-39(24-36(49-51)42(2,3)4)48-41(53)46-33-15-16-35(32-10-8-7-9-31(32)33)56-27-29-17-18-43-37(23-29)47-38-26-44-34(25-45-38)40(52)50(19-21-54-5)20-22-55-6/h7-18,23-26H,19-22,27H2,1-6H3,(H,43,45,47)(H2,46,48,53). The van der Waals surface area contributed by atoms with Crippen molar-refractivity contribution in [2.45, 2.75) is 39.7 Å². The minimum atomic E-state index is -0.397. The number of aryl methyl sites for hydroxylation is 1. The molecule has 0 aliphatic carbocycles. The number of pyridine rings is 1. The molecule has 290 valence electrons. The van der Waals surface area contributed by atoms with Gasteiger partial charge in [-0.2, -0.15) is 5.10 Å². The van der Waals surface area contributed by atoms with Crippen LogP contribution in [0.1, 0.15) is 48.1 Å². The van der Waals surface area contributed by atoms with Crippen molar-refractivity contribution in [2.24, 2.45) is 0 Å². The number of benzene rings is 3. The number of anilines is 4.